The molecule has 0 aliphatic carbocycles. The first kappa shape index (κ1) is 11.5. The maximum absolute atomic E-state index is 10.6. The second kappa shape index (κ2) is 4.75. The van der Waals surface area contributed by atoms with Crippen LogP contribution in [-0.2, 0) is 9.53 Å². The highest BCUT2D eigenvalue weighted by molar-refractivity contribution is 5.72. The minimum absolute atomic E-state index is 0.196. The Labute approximate surface area is 84.6 Å². The molecule has 0 aromatic rings. The van der Waals surface area contributed by atoms with Crippen LogP contribution in [0, 0.1) is 5.41 Å². The number of aliphatic carboxylic acids is 1. The molecule has 82 valence electrons. The molecule has 1 unspecified atom stereocenters. The molecular formula is C10H19NO3. The zero-order valence-corrected chi connectivity index (χ0v) is 8.88. The van der Waals surface area contributed by atoms with Gasteiger partial charge in [0.2, 0.25) is 0 Å². The van der Waals surface area contributed by atoms with E-state index in [2.05, 4.69) is 12.2 Å². The maximum atomic E-state index is 10.6. The minimum Gasteiger partial charge on any atom is -0.480 e. The van der Waals surface area contributed by atoms with E-state index in [0.717, 1.165) is 32.6 Å². The normalized spacial score (nSPS) is 23.0. The van der Waals surface area contributed by atoms with Gasteiger partial charge in [0.15, 0.2) is 0 Å². The van der Waals surface area contributed by atoms with E-state index >= 15 is 0 Å². The van der Waals surface area contributed by atoms with Crippen molar-refractivity contribution in [1.29, 1.82) is 0 Å². The summed E-state index contributed by atoms with van der Waals surface area (Å²) in [5.41, 5.74) is 0.196. The van der Waals surface area contributed by atoms with Crippen molar-refractivity contribution in [2.75, 3.05) is 19.8 Å². The fourth-order valence-electron chi connectivity index (χ4n) is 1.53. The Balaban J connectivity index is 2.31. The summed E-state index contributed by atoms with van der Waals surface area (Å²) in [4.78, 5) is 10.6. The molecule has 4 heteroatoms. The molecule has 0 aromatic carbocycles. The molecule has 0 saturated carbocycles. The Morgan fingerprint density at radius 2 is 2.14 bits per heavy atom. The van der Waals surface area contributed by atoms with Crippen molar-refractivity contribution < 1.29 is 14.6 Å². The Bertz CT molecular complexity index is 200. The van der Waals surface area contributed by atoms with Gasteiger partial charge in [0.25, 0.3) is 0 Å². The largest absolute Gasteiger partial charge is 0.480 e. The van der Waals surface area contributed by atoms with Crippen molar-refractivity contribution >= 4 is 5.97 Å². The standard InChI is InChI=1S/C10H19NO3/c1-8(9(12)13)11-7-10(2)3-5-14-6-4-10/h8,11H,3-7H2,1-2H3,(H,12,13). The van der Waals surface area contributed by atoms with Crippen molar-refractivity contribution in [1.82, 2.24) is 5.32 Å². The lowest BCUT2D eigenvalue weighted by atomic mass is 9.82. The van der Waals surface area contributed by atoms with Crippen LogP contribution in [0.15, 0.2) is 0 Å². The van der Waals surface area contributed by atoms with Crippen molar-refractivity contribution in [3.8, 4) is 0 Å². The van der Waals surface area contributed by atoms with Gasteiger partial charge in [-0.25, -0.2) is 0 Å². The average molecular weight is 201 g/mol. The molecule has 0 bridgehead atoms. The Kier molecular flexibility index (Phi) is 3.89. The topological polar surface area (TPSA) is 58.6 Å². The van der Waals surface area contributed by atoms with E-state index in [0.29, 0.717) is 0 Å². The van der Waals surface area contributed by atoms with E-state index in [1.165, 1.54) is 0 Å². The Hall–Kier alpha value is -0.610. The van der Waals surface area contributed by atoms with Crippen LogP contribution in [0.1, 0.15) is 26.7 Å². The predicted molar refractivity (Wildman–Crippen MR) is 53.3 cm³/mol. The monoisotopic (exact) mass is 201 g/mol. The zero-order valence-electron chi connectivity index (χ0n) is 8.88. The third-order valence-corrected chi connectivity index (χ3v) is 2.91. The highest BCUT2D eigenvalue weighted by Gasteiger charge is 2.28. The second-order valence-corrected chi connectivity index (χ2v) is 4.36. The summed E-state index contributed by atoms with van der Waals surface area (Å²) in [5.74, 6) is -0.791. The molecule has 0 amide bonds. The molecule has 0 radical (unpaired) electrons. The number of ether oxygens (including phenoxy) is 1. The SMILES string of the molecule is CC(NCC1(C)CCOCC1)C(=O)O. The lowest BCUT2D eigenvalue weighted by Gasteiger charge is -2.34. The Morgan fingerprint density at radius 1 is 1.57 bits per heavy atom. The molecular weight excluding hydrogens is 182 g/mol. The van der Waals surface area contributed by atoms with Gasteiger partial charge in [-0.05, 0) is 25.2 Å². The molecule has 1 rings (SSSR count). The summed E-state index contributed by atoms with van der Waals surface area (Å²) in [5, 5.41) is 11.7. The van der Waals surface area contributed by atoms with Gasteiger partial charge in [-0.2, -0.15) is 0 Å². The van der Waals surface area contributed by atoms with Gasteiger partial charge in [0.1, 0.15) is 6.04 Å². The maximum Gasteiger partial charge on any atom is 0.320 e. The smallest absolute Gasteiger partial charge is 0.320 e. The van der Waals surface area contributed by atoms with Crippen LogP contribution < -0.4 is 5.32 Å². The van der Waals surface area contributed by atoms with Gasteiger partial charge in [0, 0.05) is 19.8 Å². The number of hydrogen-bond acceptors (Lipinski definition) is 3. The van der Waals surface area contributed by atoms with Gasteiger partial charge in [-0.15, -0.1) is 0 Å². The highest BCUT2D eigenvalue weighted by atomic mass is 16.5. The van der Waals surface area contributed by atoms with Crippen molar-refractivity contribution in [2.24, 2.45) is 5.41 Å². The third kappa shape index (κ3) is 3.27. The number of carbonyl (C=O) groups is 1. The van der Waals surface area contributed by atoms with Crippen LogP contribution in [0.2, 0.25) is 0 Å². The number of hydrogen-bond donors (Lipinski definition) is 2. The van der Waals surface area contributed by atoms with Crippen molar-refractivity contribution in [3.05, 3.63) is 0 Å². The molecule has 1 atom stereocenters. The molecule has 0 aromatic heterocycles. The summed E-state index contributed by atoms with van der Waals surface area (Å²) in [7, 11) is 0. The molecule has 1 fully saturated rings. The van der Waals surface area contributed by atoms with Crippen molar-refractivity contribution in [3.63, 3.8) is 0 Å². The van der Waals surface area contributed by atoms with Crippen LogP contribution in [0.25, 0.3) is 0 Å². The molecule has 2 N–H and O–H groups in total. The van der Waals surface area contributed by atoms with Crippen LogP contribution >= 0.6 is 0 Å². The molecule has 0 spiro atoms. The fourth-order valence-corrected chi connectivity index (χ4v) is 1.53. The van der Waals surface area contributed by atoms with Gasteiger partial charge < -0.3 is 15.2 Å². The zero-order chi connectivity index (χ0) is 10.6. The first-order chi connectivity index (χ1) is 6.53. The lowest BCUT2D eigenvalue weighted by Crippen LogP contribution is -2.43. The summed E-state index contributed by atoms with van der Waals surface area (Å²) in [6.07, 6.45) is 2.01. The molecule has 1 saturated heterocycles. The van der Waals surface area contributed by atoms with Gasteiger partial charge >= 0.3 is 5.97 Å². The quantitative estimate of drug-likeness (QED) is 0.708. The molecule has 14 heavy (non-hydrogen) atoms. The fraction of sp³-hybridized carbons (Fsp3) is 0.900. The summed E-state index contributed by atoms with van der Waals surface area (Å²) in [6, 6.07) is -0.463. The predicted octanol–water partition coefficient (Wildman–Crippen LogP) is 0.866. The number of nitrogens with one attached hydrogen (secondary N) is 1. The molecule has 4 nitrogen and oxygen atoms in total. The lowest BCUT2D eigenvalue weighted by molar-refractivity contribution is -0.139. The summed E-state index contributed by atoms with van der Waals surface area (Å²) in [6.45, 7) is 6.19. The van der Waals surface area contributed by atoms with E-state index in [1.54, 1.807) is 6.92 Å². The van der Waals surface area contributed by atoms with Gasteiger partial charge in [-0.1, -0.05) is 6.92 Å². The minimum atomic E-state index is -0.791. The molecule has 1 aliphatic heterocycles. The summed E-state index contributed by atoms with van der Waals surface area (Å²) >= 11 is 0. The van der Waals surface area contributed by atoms with Gasteiger partial charge in [-0.3, -0.25) is 4.79 Å². The van der Waals surface area contributed by atoms with Crippen molar-refractivity contribution in [2.45, 2.75) is 32.7 Å². The number of rotatable bonds is 4. The van der Waals surface area contributed by atoms with Crippen LogP contribution in [-0.4, -0.2) is 36.9 Å². The number of carboxylic acid groups (broad SMARTS) is 1. The highest BCUT2D eigenvalue weighted by Crippen LogP contribution is 2.28. The van der Waals surface area contributed by atoms with Gasteiger partial charge in [0.05, 0.1) is 0 Å². The van der Waals surface area contributed by atoms with Crippen LogP contribution in [0.5, 0.6) is 0 Å². The first-order valence-corrected chi connectivity index (χ1v) is 5.07. The summed E-state index contributed by atoms with van der Waals surface area (Å²) < 4.78 is 5.28. The second-order valence-electron chi connectivity index (χ2n) is 4.36. The van der Waals surface area contributed by atoms with E-state index < -0.39 is 12.0 Å². The number of carboxylic acids is 1. The van der Waals surface area contributed by atoms with E-state index in [4.69, 9.17) is 9.84 Å². The van der Waals surface area contributed by atoms with E-state index in [1.807, 2.05) is 0 Å². The molecule has 1 aliphatic rings. The average Bonchev–Trinajstić information content (AvgIpc) is 2.15. The van der Waals surface area contributed by atoms with E-state index in [-0.39, 0.29) is 5.41 Å². The van der Waals surface area contributed by atoms with Crippen LogP contribution in [0.3, 0.4) is 0 Å². The van der Waals surface area contributed by atoms with E-state index in [9.17, 15) is 4.79 Å². The molecule has 1 heterocycles. The Morgan fingerprint density at radius 3 is 2.64 bits per heavy atom. The van der Waals surface area contributed by atoms with Crippen LogP contribution in [0.4, 0.5) is 0 Å². The first-order valence-electron chi connectivity index (χ1n) is 5.07. The third-order valence-electron chi connectivity index (χ3n) is 2.91.